The Morgan fingerprint density at radius 1 is 1.10 bits per heavy atom. The summed E-state index contributed by atoms with van der Waals surface area (Å²) in [6.45, 7) is 2.04. The van der Waals surface area contributed by atoms with Crippen LogP contribution in [0.1, 0.15) is 32.4 Å². The van der Waals surface area contributed by atoms with Crippen molar-refractivity contribution in [3.8, 4) is 0 Å². The molecule has 3 aromatic heterocycles. The van der Waals surface area contributed by atoms with Crippen LogP contribution in [0.15, 0.2) is 59.1 Å². The highest BCUT2D eigenvalue weighted by Gasteiger charge is 2.18. The first-order chi connectivity index (χ1) is 14.4. The van der Waals surface area contributed by atoms with Gasteiger partial charge < -0.3 is 0 Å². The predicted octanol–water partition coefficient (Wildman–Crippen LogP) is 4.36. The fourth-order valence-corrected chi connectivity index (χ4v) is 6.31. The normalized spacial score (nSPS) is 11.8. The van der Waals surface area contributed by atoms with Gasteiger partial charge in [0, 0.05) is 45.7 Å². The molecule has 0 aliphatic heterocycles. The molecule has 0 saturated carbocycles. The number of carbonyl (C=O) groups excluding carboxylic acids is 1. The summed E-state index contributed by atoms with van der Waals surface area (Å²) < 4.78 is 28.9. The fraction of sp³-hybridized carbons (Fsp3) is 0.190. The zero-order valence-corrected chi connectivity index (χ0v) is 18.6. The number of thiazole rings is 1. The first-order valence-corrected chi connectivity index (χ1v) is 12.5. The zero-order valence-electron chi connectivity index (χ0n) is 16.2. The van der Waals surface area contributed by atoms with Crippen molar-refractivity contribution in [2.75, 3.05) is 0 Å². The van der Waals surface area contributed by atoms with Crippen molar-refractivity contribution >= 4 is 48.6 Å². The van der Waals surface area contributed by atoms with Crippen LogP contribution in [0.4, 0.5) is 0 Å². The van der Waals surface area contributed by atoms with Crippen LogP contribution in [0.3, 0.4) is 0 Å². The molecule has 0 atom stereocenters. The Morgan fingerprint density at radius 3 is 2.67 bits per heavy atom. The molecule has 0 aliphatic rings. The number of nitrogens with zero attached hydrogens (tertiary/aromatic N) is 2. The van der Waals surface area contributed by atoms with E-state index >= 15 is 0 Å². The van der Waals surface area contributed by atoms with E-state index in [1.165, 1.54) is 11.3 Å². The minimum absolute atomic E-state index is 0.0436. The minimum Gasteiger partial charge on any atom is -0.292 e. The summed E-state index contributed by atoms with van der Waals surface area (Å²) in [5, 5.41) is 3.35. The molecular weight excluding hydrogens is 438 g/mol. The lowest BCUT2D eigenvalue weighted by Gasteiger charge is -2.07. The topological polar surface area (TPSA) is 89.0 Å². The summed E-state index contributed by atoms with van der Waals surface area (Å²) in [6.07, 6.45) is 4.35. The fourth-order valence-electron chi connectivity index (χ4n) is 3.00. The number of ketones is 1. The first-order valence-electron chi connectivity index (χ1n) is 9.28. The predicted molar refractivity (Wildman–Crippen MR) is 120 cm³/mol. The monoisotopic (exact) mass is 457 g/mol. The standard InChI is InChI=1S/C21H19N3O3S3/c1-14-22-12-16(29-14)7-9-19(25)18-8-6-15(10-23-18)11-24-30(26,27)21-13-28-20-5-3-2-4-17(20)21/h2-6,8,10,12-13,24H,7,9,11H2,1H3. The van der Waals surface area contributed by atoms with Gasteiger partial charge in [-0.05, 0) is 31.0 Å². The highest BCUT2D eigenvalue weighted by molar-refractivity contribution is 7.89. The quantitative estimate of drug-likeness (QED) is 0.397. The van der Waals surface area contributed by atoms with Crippen LogP contribution in [-0.4, -0.2) is 24.2 Å². The van der Waals surface area contributed by atoms with E-state index in [0.29, 0.717) is 29.5 Å². The van der Waals surface area contributed by atoms with Gasteiger partial charge in [-0.15, -0.1) is 22.7 Å². The van der Waals surface area contributed by atoms with E-state index in [1.54, 1.807) is 47.3 Å². The molecule has 3 heterocycles. The van der Waals surface area contributed by atoms with Gasteiger partial charge in [-0.25, -0.2) is 18.1 Å². The third kappa shape index (κ3) is 4.65. The van der Waals surface area contributed by atoms with Gasteiger partial charge in [0.2, 0.25) is 10.0 Å². The number of Topliss-reactive ketones (excluding diaryl/α,β-unsaturated/α-hetero) is 1. The van der Waals surface area contributed by atoms with E-state index in [9.17, 15) is 13.2 Å². The van der Waals surface area contributed by atoms with Crippen molar-refractivity contribution in [1.82, 2.24) is 14.7 Å². The molecule has 9 heteroatoms. The van der Waals surface area contributed by atoms with E-state index in [2.05, 4.69) is 14.7 Å². The van der Waals surface area contributed by atoms with Gasteiger partial charge in [0.15, 0.2) is 5.78 Å². The third-order valence-corrected chi connectivity index (χ3v) is 8.11. The number of sulfonamides is 1. The van der Waals surface area contributed by atoms with Crippen LogP contribution in [0.5, 0.6) is 0 Å². The molecular formula is C21H19N3O3S3. The molecule has 0 unspecified atom stereocenters. The van der Waals surface area contributed by atoms with E-state index in [1.807, 2.05) is 25.1 Å². The maximum atomic E-state index is 12.7. The molecule has 0 bridgehead atoms. The van der Waals surface area contributed by atoms with E-state index in [-0.39, 0.29) is 17.2 Å². The lowest BCUT2D eigenvalue weighted by Crippen LogP contribution is -2.23. The molecule has 1 N–H and O–H groups in total. The van der Waals surface area contributed by atoms with Crippen LogP contribution in [-0.2, 0) is 23.0 Å². The minimum atomic E-state index is -3.64. The van der Waals surface area contributed by atoms with Crippen molar-refractivity contribution in [3.05, 3.63) is 75.3 Å². The Hall–Kier alpha value is -2.46. The number of rotatable bonds is 8. The maximum Gasteiger partial charge on any atom is 0.242 e. The summed E-state index contributed by atoms with van der Waals surface area (Å²) in [5.74, 6) is -0.0436. The summed E-state index contributed by atoms with van der Waals surface area (Å²) in [6, 6.07) is 10.8. The van der Waals surface area contributed by atoms with Crippen molar-refractivity contribution < 1.29 is 13.2 Å². The Balaban J connectivity index is 1.38. The second kappa shape index (κ2) is 8.73. The second-order valence-corrected chi connectivity index (χ2v) is 10.7. The molecule has 0 aliphatic carbocycles. The van der Waals surface area contributed by atoms with Gasteiger partial charge in [0.1, 0.15) is 10.6 Å². The van der Waals surface area contributed by atoms with Crippen LogP contribution >= 0.6 is 22.7 Å². The smallest absolute Gasteiger partial charge is 0.242 e. The molecule has 0 saturated heterocycles. The molecule has 6 nitrogen and oxygen atoms in total. The molecule has 0 amide bonds. The molecule has 4 aromatic rings. The number of aryl methyl sites for hydroxylation is 2. The van der Waals surface area contributed by atoms with E-state index in [0.717, 1.165) is 14.6 Å². The average Bonchev–Trinajstić information content (AvgIpc) is 3.37. The van der Waals surface area contributed by atoms with Crippen molar-refractivity contribution in [2.24, 2.45) is 0 Å². The van der Waals surface area contributed by atoms with Gasteiger partial charge >= 0.3 is 0 Å². The molecule has 4 rings (SSSR count). The zero-order chi connectivity index (χ0) is 21.1. The van der Waals surface area contributed by atoms with Crippen LogP contribution < -0.4 is 4.72 Å². The van der Waals surface area contributed by atoms with Crippen molar-refractivity contribution in [1.29, 1.82) is 0 Å². The second-order valence-electron chi connectivity index (χ2n) is 6.74. The Morgan fingerprint density at radius 2 is 1.93 bits per heavy atom. The number of carbonyl (C=O) groups is 1. The van der Waals surface area contributed by atoms with Crippen LogP contribution in [0, 0.1) is 6.92 Å². The number of fused-ring (bicyclic) bond motifs is 1. The summed E-state index contributed by atoms with van der Waals surface area (Å²) >= 11 is 2.99. The first kappa shape index (κ1) is 20.8. The third-order valence-electron chi connectivity index (χ3n) is 4.58. The Bertz CT molecular complexity index is 1290. The molecule has 1 aromatic carbocycles. The lowest BCUT2D eigenvalue weighted by atomic mass is 10.1. The molecule has 30 heavy (non-hydrogen) atoms. The van der Waals surface area contributed by atoms with Crippen LogP contribution in [0.2, 0.25) is 0 Å². The number of pyridine rings is 1. The van der Waals surface area contributed by atoms with E-state index in [4.69, 9.17) is 0 Å². The van der Waals surface area contributed by atoms with Crippen molar-refractivity contribution in [2.45, 2.75) is 31.2 Å². The Kier molecular flexibility index (Phi) is 6.05. The SMILES string of the molecule is Cc1ncc(CCC(=O)c2ccc(CNS(=O)(=O)c3csc4ccccc34)cn2)s1. The lowest BCUT2D eigenvalue weighted by molar-refractivity contribution is 0.0978. The average molecular weight is 458 g/mol. The van der Waals surface area contributed by atoms with Gasteiger partial charge in [0.25, 0.3) is 0 Å². The van der Waals surface area contributed by atoms with Crippen LogP contribution in [0.25, 0.3) is 10.1 Å². The Labute approximate surface area is 182 Å². The molecule has 0 radical (unpaired) electrons. The largest absolute Gasteiger partial charge is 0.292 e. The highest BCUT2D eigenvalue weighted by Crippen LogP contribution is 2.29. The number of nitrogens with one attached hydrogen (secondary N) is 1. The number of hydrogen-bond donors (Lipinski definition) is 1. The maximum absolute atomic E-state index is 12.7. The number of benzene rings is 1. The number of aromatic nitrogens is 2. The summed E-state index contributed by atoms with van der Waals surface area (Å²) in [7, 11) is -3.64. The molecule has 0 fully saturated rings. The van der Waals surface area contributed by atoms with Gasteiger partial charge in [0.05, 0.1) is 5.01 Å². The summed E-state index contributed by atoms with van der Waals surface area (Å²) in [4.78, 5) is 22.1. The highest BCUT2D eigenvalue weighted by atomic mass is 32.2. The van der Waals surface area contributed by atoms with Crippen molar-refractivity contribution in [3.63, 3.8) is 0 Å². The summed E-state index contributed by atoms with van der Waals surface area (Å²) in [5.41, 5.74) is 1.07. The van der Waals surface area contributed by atoms with Gasteiger partial charge in [-0.2, -0.15) is 0 Å². The van der Waals surface area contributed by atoms with Gasteiger partial charge in [-0.3, -0.25) is 9.78 Å². The van der Waals surface area contributed by atoms with E-state index < -0.39 is 10.0 Å². The number of hydrogen-bond acceptors (Lipinski definition) is 7. The number of thiophene rings is 1. The molecule has 0 spiro atoms. The van der Waals surface area contributed by atoms with Gasteiger partial charge in [-0.1, -0.05) is 24.3 Å². The molecule has 154 valence electrons.